The van der Waals surface area contributed by atoms with Gasteiger partial charge in [0.05, 0.1) is 18.3 Å². The molecule has 0 unspecified atom stereocenters. The summed E-state index contributed by atoms with van der Waals surface area (Å²) in [5.74, 6) is 0.750. The van der Waals surface area contributed by atoms with E-state index in [-0.39, 0.29) is 12.5 Å². The van der Waals surface area contributed by atoms with Crippen molar-refractivity contribution in [1.82, 2.24) is 15.1 Å². The van der Waals surface area contributed by atoms with Crippen LogP contribution in [0.3, 0.4) is 0 Å². The predicted octanol–water partition coefficient (Wildman–Crippen LogP) is 4.22. The normalized spacial score (nSPS) is 13.1. The number of aromatic nitrogens is 2. The van der Waals surface area contributed by atoms with E-state index in [9.17, 15) is 4.79 Å². The SMILES string of the molecule is O=C(CNC(c1ccccc1)(c1ccccc1)c1ccccc1)Nc1cnn2c1NCCC2. The van der Waals surface area contributed by atoms with E-state index in [1.165, 1.54) is 0 Å². The van der Waals surface area contributed by atoms with E-state index in [4.69, 9.17) is 0 Å². The molecule has 1 amide bonds. The fourth-order valence-electron chi connectivity index (χ4n) is 4.55. The lowest BCUT2D eigenvalue weighted by atomic mass is 9.77. The fourth-order valence-corrected chi connectivity index (χ4v) is 4.55. The molecule has 0 saturated heterocycles. The number of nitrogens with one attached hydrogen (secondary N) is 3. The summed E-state index contributed by atoms with van der Waals surface area (Å²) in [4.78, 5) is 13.1. The first-order chi connectivity index (χ1) is 16.3. The second-order valence-electron chi connectivity index (χ2n) is 8.16. The van der Waals surface area contributed by atoms with Gasteiger partial charge in [0.1, 0.15) is 11.5 Å². The summed E-state index contributed by atoms with van der Waals surface area (Å²) in [6.45, 7) is 1.87. The number of nitrogens with zero attached hydrogens (tertiary/aromatic N) is 2. The Morgan fingerprint density at radius 3 is 1.97 bits per heavy atom. The van der Waals surface area contributed by atoms with E-state index >= 15 is 0 Å². The molecule has 0 fully saturated rings. The van der Waals surface area contributed by atoms with Gasteiger partial charge in [-0.05, 0) is 23.1 Å². The molecule has 0 atom stereocenters. The highest BCUT2D eigenvalue weighted by Gasteiger charge is 2.36. The van der Waals surface area contributed by atoms with E-state index in [0.717, 1.165) is 42.0 Å². The Kier molecular flexibility index (Phi) is 5.91. The molecule has 2 heterocycles. The third-order valence-electron chi connectivity index (χ3n) is 6.09. The number of carbonyl (C=O) groups is 1. The zero-order chi connectivity index (χ0) is 22.5. The number of hydrogen-bond donors (Lipinski definition) is 3. The molecule has 0 bridgehead atoms. The van der Waals surface area contributed by atoms with Crippen LogP contribution in [0.1, 0.15) is 23.1 Å². The molecule has 3 N–H and O–H groups in total. The maximum atomic E-state index is 13.1. The van der Waals surface area contributed by atoms with Crippen LogP contribution < -0.4 is 16.0 Å². The highest BCUT2D eigenvalue weighted by atomic mass is 16.1. The smallest absolute Gasteiger partial charge is 0.238 e. The number of carbonyl (C=O) groups excluding carboxylic acids is 1. The van der Waals surface area contributed by atoms with Gasteiger partial charge in [0.15, 0.2) is 0 Å². The molecule has 3 aromatic carbocycles. The lowest BCUT2D eigenvalue weighted by Gasteiger charge is -2.37. The molecule has 0 spiro atoms. The van der Waals surface area contributed by atoms with Gasteiger partial charge in [-0.3, -0.25) is 10.1 Å². The van der Waals surface area contributed by atoms with Crippen molar-refractivity contribution in [3.63, 3.8) is 0 Å². The van der Waals surface area contributed by atoms with Crippen LogP contribution in [0, 0.1) is 0 Å². The molecule has 1 aromatic heterocycles. The van der Waals surface area contributed by atoms with Crippen LogP contribution in [-0.4, -0.2) is 28.8 Å². The molecular formula is C27H27N5O. The number of rotatable bonds is 7. The number of anilines is 2. The summed E-state index contributed by atoms with van der Waals surface area (Å²) in [7, 11) is 0. The highest BCUT2D eigenvalue weighted by Crippen LogP contribution is 2.36. The molecular weight excluding hydrogens is 410 g/mol. The van der Waals surface area contributed by atoms with E-state index in [1.807, 2.05) is 59.3 Å². The summed E-state index contributed by atoms with van der Waals surface area (Å²) >= 11 is 0. The quantitative estimate of drug-likeness (QED) is 0.379. The third-order valence-corrected chi connectivity index (χ3v) is 6.09. The zero-order valence-electron chi connectivity index (χ0n) is 18.4. The second kappa shape index (κ2) is 9.30. The summed E-state index contributed by atoms with van der Waals surface area (Å²) in [6, 6.07) is 30.8. The number of aryl methyl sites for hydroxylation is 1. The molecule has 6 heteroatoms. The molecule has 6 nitrogen and oxygen atoms in total. The number of hydrogen-bond acceptors (Lipinski definition) is 4. The van der Waals surface area contributed by atoms with Gasteiger partial charge < -0.3 is 10.6 Å². The van der Waals surface area contributed by atoms with Crippen molar-refractivity contribution in [2.24, 2.45) is 0 Å². The first-order valence-electron chi connectivity index (χ1n) is 11.3. The van der Waals surface area contributed by atoms with Gasteiger partial charge >= 0.3 is 0 Å². The average Bonchev–Trinajstić information content (AvgIpc) is 3.29. The van der Waals surface area contributed by atoms with Gasteiger partial charge in [0, 0.05) is 13.1 Å². The van der Waals surface area contributed by atoms with Crippen LogP contribution in [0.15, 0.2) is 97.2 Å². The first-order valence-corrected chi connectivity index (χ1v) is 11.3. The average molecular weight is 438 g/mol. The summed E-state index contributed by atoms with van der Waals surface area (Å²) in [6.07, 6.45) is 2.74. The monoisotopic (exact) mass is 437 g/mol. The molecule has 0 saturated carbocycles. The minimum absolute atomic E-state index is 0.120. The van der Waals surface area contributed by atoms with Crippen molar-refractivity contribution in [3.8, 4) is 0 Å². The molecule has 1 aliphatic heterocycles. The maximum Gasteiger partial charge on any atom is 0.238 e. The molecule has 4 aromatic rings. The highest BCUT2D eigenvalue weighted by molar-refractivity contribution is 5.95. The van der Waals surface area contributed by atoms with Crippen LogP contribution in [0.2, 0.25) is 0 Å². The fraction of sp³-hybridized carbons (Fsp3) is 0.185. The Balaban J connectivity index is 1.49. The molecule has 166 valence electrons. The Morgan fingerprint density at radius 1 is 0.879 bits per heavy atom. The van der Waals surface area contributed by atoms with Crippen LogP contribution >= 0.6 is 0 Å². The Hall–Kier alpha value is -3.90. The van der Waals surface area contributed by atoms with Crippen LogP contribution in [-0.2, 0) is 16.9 Å². The first kappa shape index (κ1) is 21.0. The third kappa shape index (κ3) is 4.13. The minimum Gasteiger partial charge on any atom is -0.368 e. The van der Waals surface area contributed by atoms with E-state index < -0.39 is 5.54 Å². The van der Waals surface area contributed by atoms with Crippen molar-refractivity contribution >= 4 is 17.4 Å². The van der Waals surface area contributed by atoms with Gasteiger partial charge in [-0.25, -0.2) is 4.68 Å². The van der Waals surface area contributed by atoms with Crippen LogP contribution in [0.4, 0.5) is 11.5 Å². The number of fused-ring (bicyclic) bond motifs is 1. The molecule has 1 aliphatic rings. The number of benzene rings is 3. The number of amides is 1. The van der Waals surface area contributed by atoms with Crippen LogP contribution in [0.5, 0.6) is 0 Å². The summed E-state index contributed by atoms with van der Waals surface area (Å²) < 4.78 is 1.90. The predicted molar refractivity (Wildman–Crippen MR) is 131 cm³/mol. The maximum absolute atomic E-state index is 13.1. The molecule has 0 radical (unpaired) electrons. The lowest BCUT2D eigenvalue weighted by Crippen LogP contribution is -2.47. The van der Waals surface area contributed by atoms with Gasteiger partial charge in [0.25, 0.3) is 0 Å². The van der Waals surface area contributed by atoms with Crippen molar-refractivity contribution in [3.05, 3.63) is 114 Å². The van der Waals surface area contributed by atoms with E-state index in [1.54, 1.807) is 6.20 Å². The Labute approximate surface area is 193 Å². The van der Waals surface area contributed by atoms with Crippen molar-refractivity contribution < 1.29 is 4.79 Å². The standard InChI is InChI=1S/C27H27N5O/c33-25(31-24-19-30-32-18-10-17-28-26(24)32)20-29-27(21-11-4-1-5-12-21,22-13-6-2-7-14-22)23-15-8-3-9-16-23/h1-9,11-16,19,28-29H,10,17-18,20H2,(H,31,33). The largest absolute Gasteiger partial charge is 0.368 e. The Morgan fingerprint density at radius 2 is 1.42 bits per heavy atom. The van der Waals surface area contributed by atoms with E-state index in [0.29, 0.717) is 5.69 Å². The topological polar surface area (TPSA) is 71.0 Å². The van der Waals surface area contributed by atoms with Gasteiger partial charge in [0.2, 0.25) is 5.91 Å². The molecule has 5 rings (SSSR count). The molecule has 0 aliphatic carbocycles. The Bertz CT molecular complexity index is 1110. The second-order valence-corrected chi connectivity index (χ2v) is 8.16. The van der Waals surface area contributed by atoms with Crippen molar-refractivity contribution in [2.45, 2.75) is 18.5 Å². The molecule has 33 heavy (non-hydrogen) atoms. The minimum atomic E-state index is -0.683. The summed E-state index contributed by atoms with van der Waals surface area (Å²) in [5.41, 5.74) is 3.24. The van der Waals surface area contributed by atoms with Crippen molar-refractivity contribution in [2.75, 3.05) is 23.7 Å². The van der Waals surface area contributed by atoms with Gasteiger partial charge in [-0.1, -0.05) is 91.0 Å². The lowest BCUT2D eigenvalue weighted by molar-refractivity contribution is -0.115. The summed E-state index contributed by atoms with van der Waals surface area (Å²) in [5, 5.41) is 14.4. The van der Waals surface area contributed by atoms with Crippen LogP contribution in [0.25, 0.3) is 0 Å². The van der Waals surface area contributed by atoms with Crippen molar-refractivity contribution in [1.29, 1.82) is 0 Å². The zero-order valence-corrected chi connectivity index (χ0v) is 18.4. The van der Waals surface area contributed by atoms with E-state index in [2.05, 4.69) is 57.4 Å². The van der Waals surface area contributed by atoms with Gasteiger partial charge in [-0.2, -0.15) is 5.10 Å². The van der Waals surface area contributed by atoms with Gasteiger partial charge in [-0.15, -0.1) is 0 Å².